The van der Waals surface area contributed by atoms with Gasteiger partial charge in [0.2, 0.25) is 0 Å². The quantitative estimate of drug-likeness (QED) is 0.0433. The summed E-state index contributed by atoms with van der Waals surface area (Å²) in [6.45, 7) is 10.4. The zero-order valence-electron chi connectivity index (χ0n) is 41.1. The summed E-state index contributed by atoms with van der Waals surface area (Å²) in [7, 11) is -10.1. The smallest absolute Gasteiger partial charge is 0.412 e. The first kappa shape index (κ1) is 60.5. The maximum absolute atomic E-state index is 13.9. The van der Waals surface area contributed by atoms with Gasteiger partial charge in [-0.25, -0.2) is 31.1 Å². The van der Waals surface area contributed by atoms with Crippen LogP contribution in [0.25, 0.3) is 22.1 Å². The van der Waals surface area contributed by atoms with Crippen molar-refractivity contribution in [2.24, 2.45) is 0 Å². The SMILES string of the molecule is COCN(c1cc(Cl)ccc1C(O)c1ccnc2c1ccn2[Si](C)(C)C(C)(C)C)S(=O)(=O)c1ccc(Cl)c(C(F)(F)F)c1.O.O=C(c1ccc(Cl)cc1NS(=O)(=O)c1ccc(Cl)c(C(F)(F)F)c1)c1ccnc2[nH]ccc12. The lowest BCUT2D eigenvalue weighted by Crippen LogP contribution is -2.45. The number of ether oxygens (including phenoxy) is 1. The summed E-state index contributed by atoms with van der Waals surface area (Å²) < 4.78 is 144. The van der Waals surface area contributed by atoms with E-state index in [0.717, 1.165) is 28.6 Å². The van der Waals surface area contributed by atoms with Crippen molar-refractivity contribution < 1.29 is 63.3 Å². The Morgan fingerprint density at radius 1 is 0.753 bits per heavy atom. The first-order valence-electron chi connectivity index (χ1n) is 22.3. The van der Waals surface area contributed by atoms with Gasteiger partial charge in [-0.15, -0.1) is 0 Å². The van der Waals surface area contributed by atoms with Crippen molar-refractivity contribution in [1.82, 2.24) is 19.2 Å². The number of aliphatic hydroxyl groups excluding tert-OH is 1. The number of hydrogen-bond donors (Lipinski definition) is 3. The van der Waals surface area contributed by atoms with Gasteiger partial charge < -0.3 is 24.5 Å². The second-order valence-corrected chi connectivity index (χ2v) is 28.8. The van der Waals surface area contributed by atoms with E-state index in [1.54, 1.807) is 24.5 Å². The maximum Gasteiger partial charge on any atom is 0.417 e. The number of halogens is 10. The van der Waals surface area contributed by atoms with Gasteiger partial charge in [-0.05, 0) is 108 Å². The topological polar surface area (TPSA) is 208 Å². The summed E-state index contributed by atoms with van der Waals surface area (Å²) in [5.41, 5.74) is -0.939. The third kappa shape index (κ3) is 12.4. The summed E-state index contributed by atoms with van der Waals surface area (Å²) in [6, 6.07) is 19.3. The molecule has 0 spiro atoms. The Morgan fingerprint density at radius 2 is 1.34 bits per heavy atom. The van der Waals surface area contributed by atoms with E-state index >= 15 is 0 Å². The first-order valence-corrected chi connectivity index (χ1v) is 29.7. The molecule has 0 saturated carbocycles. The number of methoxy groups -OCH3 is 1. The third-order valence-corrected chi connectivity index (χ3v) is 22.2. The predicted molar refractivity (Wildman–Crippen MR) is 288 cm³/mol. The summed E-state index contributed by atoms with van der Waals surface area (Å²) in [5, 5.41) is 11.9. The molecule has 0 radical (unpaired) electrons. The Bertz CT molecular complexity index is 3760. The molecule has 8 rings (SSSR count). The van der Waals surface area contributed by atoms with E-state index in [0.29, 0.717) is 39.8 Å². The number of nitrogens with zero attached hydrogens (tertiary/aromatic N) is 4. The number of carbonyl (C=O) groups is 1. The molecule has 0 amide bonds. The van der Waals surface area contributed by atoms with Crippen molar-refractivity contribution in [3.8, 4) is 0 Å². The van der Waals surface area contributed by atoms with Gasteiger partial charge in [0.25, 0.3) is 20.0 Å². The van der Waals surface area contributed by atoms with Gasteiger partial charge in [0.15, 0.2) is 14.0 Å². The van der Waals surface area contributed by atoms with Crippen molar-refractivity contribution >= 4 is 114 Å². The molecule has 14 nitrogen and oxygen atoms in total. The fraction of sp³-hybridized carbons (Fsp3) is 0.220. The molecular formula is C50H46Cl4F6N6O8S2Si. The normalized spacial score (nSPS) is 12.9. The molecule has 4 aromatic heterocycles. The molecule has 1 unspecified atom stereocenters. The summed E-state index contributed by atoms with van der Waals surface area (Å²) in [6.07, 6.45) is -4.57. The Hall–Kier alpha value is -5.73. The number of H-pyrrole nitrogens is 1. The van der Waals surface area contributed by atoms with Crippen LogP contribution in [0.3, 0.4) is 0 Å². The van der Waals surface area contributed by atoms with Crippen LogP contribution >= 0.6 is 46.4 Å². The molecule has 0 aliphatic heterocycles. The molecule has 0 aliphatic rings. The molecule has 0 saturated heterocycles. The molecule has 0 fully saturated rings. The Morgan fingerprint density at radius 3 is 1.95 bits per heavy atom. The van der Waals surface area contributed by atoms with Crippen LogP contribution in [0.4, 0.5) is 37.7 Å². The average Bonchev–Trinajstić information content (AvgIpc) is 4.02. The van der Waals surface area contributed by atoms with Crippen LogP contribution in [0.15, 0.2) is 132 Å². The average molecular weight is 1210 g/mol. The maximum atomic E-state index is 13.9. The number of alkyl halides is 6. The van der Waals surface area contributed by atoms with E-state index in [2.05, 4.69) is 57.8 Å². The molecule has 1 atom stereocenters. The minimum atomic E-state index is -4.89. The van der Waals surface area contributed by atoms with E-state index in [1.807, 2.05) is 12.3 Å². The van der Waals surface area contributed by atoms with Gasteiger partial charge in [-0.3, -0.25) is 9.52 Å². The second-order valence-electron chi connectivity index (χ2n) is 18.5. The highest BCUT2D eigenvalue weighted by atomic mass is 35.5. The van der Waals surface area contributed by atoms with Crippen LogP contribution in [0.1, 0.15) is 65.1 Å². The van der Waals surface area contributed by atoms with Gasteiger partial charge in [0.1, 0.15) is 24.1 Å². The van der Waals surface area contributed by atoms with Crippen LogP contribution < -0.4 is 9.03 Å². The number of sulfonamides is 2. The van der Waals surface area contributed by atoms with E-state index in [9.17, 15) is 53.1 Å². The summed E-state index contributed by atoms with van der Waals surface area (Å²) in [4.78, 5) is 23.5. The standard InChI is InChI=1S/C29H32Cl2F3N3O4SSi.C21H12Cl2F3N3O3S.H2O/c1-28(2,3)43(5,6)37-14-12-21-20(11-13-35-27(21)37)26(38)22-9-7-18(30)15-25(22)36(17-41-4)42(39,40)19-8-10-24(31)23(16-19)29(32,33)34;22-11-1-3-15(19(30)13-5-7-27-20-14(13)6-8-28-20)18(9-11)29-33(31,32)12-2-4-17(23)16(10-12)21(24,25)26;/h7-16,26,38H,17H2,1-6H3;1-10,29H,(H,27,28);1H2. The van der Waals surface area contributed by atoms with Crippen molar-refractivity contribution in [3.63, 3.8) is 0 Å². The summed E-state index contributed by atoms with van der Waals surface area (Å²) >= 11 is 23.6. The number of rotatable bonds is 13. The van der Waals surface area contributed by atoms with Gasteiger partial charge in [-0.2, -0.15) is 26.3 Å². The number of carbonyl (C=O) groups excluding carboxylic acids is 1. The number of aliphatic hydroxyl groups is 1. The van der Waals surface area contributed by atoms with Gasteiger partial charge in [0, 0.05) is 63.2 Å². The molecule has 4 aromatic carbocycles. The number of nitrogens with one attached hydrogen (secondary N) is 2. The lowest BCUT2D eigenvalue weighted by Gasteiger charge is -2.38. The number of aromatic amines is 1. The fourth-order valence-electron chi connectivity index (χ4n) is 7.83. The molecule has 27 heteroatoms. The number of aromatic nitrogens is 4. The zero-order chi connectivity index (χ0) is 56.1. The number of fused-ring (bicyclic) bond motifs is 2. The highest BCUT2D eigenvalue weighted by molar-refractivity contribution is 7.93. The van der Waals surface area contributed by atoms with E-state index < -0.39 is 90.2 Å². The van der Waals surface area contributed by atoms with Crippen molar-refractivity contribution in [3.05, 3.63) is 175 Å². The number of hydrogen-bond acceptors (Lipinski definition) is 9. The lowest BCUT2D eigenvalue weighted by atomic mass is 9.98. The minimum Gasteiger partial charge on any atom is -0.412 e. The predicted octanol–water partition coefficient (Wildman–Crippen LogP) is 13.2. The Kier molecular flexibility index (Phi) is 17.7. The van der Waals surface area contributed by atoms with Crippen molar-refractivity contribution in [1.29, 1.82) is 0 Å². The number of anilines is 2. The highest BCUT2D eigenvalue weighted by Crippen LogP contribution is 2.43. The monoisotopic (exact) mass is 1200 g/mol. The molecule has 77 heavy (non-hydrogen) atoms. The molecule has 8 aromatic rings. The van der Waals surface area contributed by atoms with Crippen molar-refractivity contribution in [2.75, 3.05) is 22.9 Å². The third-order valence-electron chi connectivity index (χ3n) is 12.7. The number of ketones is 1. The molecule has 4 heterocycles. The van der Waals surface area contributed by atoms with Crippen LogP contribution in [0.5, 0.6) is 0 Å². The number of pyridine rings is 2. The first-order chi connectivity index (χ1) is 35.3. The van der Waals surface area contributed by atoms with Gasteiger partial charge in [0.05, 0.1) is 42.3 Å². The summed E-state index contributed by atoms with van der Waals surface area (Å²) in [5.74, 6) is -0.538. The second kappa shape index (κ2) is 22.6. The zero-order valence-corrected chi connectivity index (χ0v) is 46.8. The lowest BCUT2D eigenvalue weighted by molar-refractivity contribution is -0.138. The van der Waals surface area contributed by atoms with Crippen LogP contribution in [-0.2, 0) is 37.1 Å². The van der Waals surface area contributed by atoms with Gasteiger partial charge >= 0.3 is 12.4 Å². The van der Waals surface area contributed by atoms with Gasteiger partial charge in [-0.1, -0.05) is 86.3 Å². The van der Waals surface area contributed by atoms with Crippen molar-refractivity contribution in [2.45, 2.75) is 67.2 Å². The van der Waals surface area contributed by atoms with E-state index in [-0.39, 0.29) is 48.6 Å². The van der Waals surface area contributed by atoms with Crippen LogP contribution in [0, 0.1) is 0 Å². The molecular weight excluding hydrogens is 1160 g/mol. The Labute approximate surface area is 459 Å². The van der Waals surface area contributed by atoms with Crippen LogP contribution in [0.2, 0.25) is 38.2 Å². The van der Waals surface area contributed by atoms with E-state index in [4.69, 9.17) is 51.1 Å². The minimum absolute atomic E-state index is 0. The Balaban J connectivity index is 0.000000254. The van der Waals surface area contributed by atoms with E-state index in [1.165, 1.54) is 55.8 Å². The molecule has 5 N–H and O–H groups in total. The largest absolute Gasteiger partial charge is 0.417 e. The number of benzene rings is 4. The molecule has 0 bridgehead atoms. The van der Waals surface area contributed by atoms with Crippen LogP contribution in [-0.4, -0.2) is 74.5 Å². The highest BCUT2D eigenvalue weighted by Gasteiger charge is 2.40. The molecule has 0 aliphatic carbocycles. The fourth-order valence-corrected chi connectivity index (χ4v) is 13.0. The molecule has 410 valence electrons.